The van der Waals surface area contributed by atoms with Crippen molar-refractivity contribution in [2.75, 3.05) is 25.1 Å². The predicted octanol–water partition coefficient (Wildman–Crippen LogP) is 1.25. The van der Waals surface area contributed by atoms with Gasteiger partial charge in [0.05, 0.1) is 12.6 Å². The summed E-state index contributed by atoms with van der Waals surface area (Å²) < 4.78 is 5.10. The van der Waals surface area contributed by atoms with Crippen LogP contribution in [0.4, 0.5) is 5.69 Å². The topological polar surface area (TPSA) is 77.4 Å². The van der Waals surface area contributed by atoms with Crippen LogP contribution < -0.4 is 21.1 Å². The zero-order chi connectivity index (χ0) is 13.8. The van der Waals surface area contributed by atoms with Crippen molar-refractivity contribution in [3.63, 3.8) is 0 Å². The number of anilines is 1. The second-order valence-corrected chi connectivity index (χ2v) is 4.43. The van der Waals surface area contributed by atoms with Gasteiger partial charge in [-0.2, -0.15) is 0 Å². The second-order valence-electron chi connectivity index (χ2n) is 4.01. The maximum atomic E-state index is 5.71. The van der Waals surface area contributed by atoms with Gasteiger partial charge in [-0.25, -0.2) is 4.98 Å². The molecule has 2 aromatic rings. The fraction of sp³-hybridized carbons (Fsp3) is 0.231. The predicted molar refractivity (Wildman–Crippen MR) is 81.5 cm³/mol. The molecule has 5 nitrogen and oxygen atoms in total. The highest BCUT2D eigenvalue weighted by Gasteiger charge is 2.09. The summed E-state index contributed by atoms with van der Waals surface area (Å²) in [7, 11) is 1.60. The average molecular weight is 276 g/mol. The van der Waals surface area contributed by atoms with E-state index in [1.54, 1.807) is 12.0 Å². The lowest BCUT2D eigenvalue weighted by Gasteiger charge is -2.22. The molecular weight excluding hydrogens is 260 g/mol. The molecule has 1 aromatic carbocycles. The van der Waals surface area contributed by atoms with Crippen molar-refractivity contribution >= 4 is 33.9 Å². The fourth-order valence-corrected chi connectivity index (χ4v) is 2.07. The Labute approximate surface area is 117 Å². The number of ether oxygens (including phenoxy) is 1. The van der Waals surface area contributed by atoms with E-state index in [1.165, 1.54) is 0 Å². The van der Waals surface area contributed by atoms with Gasteiger partial charge in [-0.1, -0.05) is 0 Å². The molecule has 0 aliphatic heterocycles. The molecule has 4 N–H and O–H groups in total. The largest absolute Gasteiger partial charge is 0.481 e. The Bertz CT molecular complexity index is 602. The minimum Gasteiger partial charge on any atom is -0.481 e. The SMILES string of the molecule is COc1ccc2cc(N(CCN)C(N)=S)ccc2n1. The van der Waals surface area contributed by atoms with Crippen LogP contribution in [0, 0.1) is 0 Å². The highest BCUT2D eigenvalue weighted by molar-refractivity contribution is 7.80. The number of methoxy groups -OCH3 is 1. The number of nitrogens with two attached hydrogens (primary N) is 2. The Balaban J connectivity index is 2.43. The number of hydrogen-bond acceptors (Lipinski definition) is 4. The third-order valence-electron chi connectivity index (χ3n) is 2.79. The van der Waals surface area contributed by atoms with Gasteiger partial charge in [0.15, 0.2) is 5.11 Å². The number of fused-ring (bicyclic) bond motifs is 1. The minimum absolute atomic E-state index is 0.311. The molecule has 0 unspecified atom stereocenters. The Kier molecular flexibility index (Phi) is 4.13. The molecule has 19 heavy (non-hydrogen) atoms. The number of nitrogens with zero attached hydrogens (tertiary/aromatic N) is 2. The molecule has 0 atom stereocenters. The van der Waals surface area contributed by atoms with Crippen molar-refractivity contribution in [1.29, 1.82) is 0 Å². The van der Waals surface area contributed by atoms with Crippen LogP contribution in [0.5, 0.6) is 5.88 Å². The highest BCUT2D eigenvalue weighted by atomic mass is 32.1. The molecule has 1 aromatic heterocycles. The molecule has 0 aliphatic carbocycles. The molecule has 0 aliphatic rings. The summed E-state index contributed by atoms with van der Waals surface area (Å²) in [6, 6.07) is 9.58. The Morgan fingerprint density at radius 1 is 1.37 bits per heavy atom. The number of aromatic nitrogens is 1. The number of pyridine rings is 1. The van der Waals surface area contributed by atoms with Crippen LogP contribution in [0.2, 0.25) is 0 Å². The summed E-state index contributed by atoms with van der Waals surface area (Å²) in [6.45, 7) is 1.07. The average Bonchev–Trinajstić information content (AvgIpc) is 2.43. The van der Waals surface area contributed by atoms with E-state index in [0.717, 1.165) is 16.6 Å². The molecule has 0 radical (unpaired) electrons. The molecule has 0 saturated carbocycles. The number of hydrogen-bond donors (Lipinski definition) is 2. The van der Waals surface area contributed by atoms with Gasteiger partial charge in [-0.05, 0) is 36.5 Å². The van der Waals surface area contributed by atoms with Gasteiger partial charge in [-0.3, -0.25) is 0 Å². The smallest absolute Gasteiger partial charge is 0.213 e. The minimum atomic E-state index is 0.311. The number of thiocarbonyl (C=S) groups is 1. The van der Waals surface area contributed by atoms with Crippen LogP contribution in [-0.4, -0.2) is 30.3 Å². The van der Waals surface area contributed by atoms with Gasteiger partial charge in [0.1, 0.15) is 0 Å². The molecule has 0 amide bonds. The Morgan fingerprint density at radius 3 is 2.79 bits per heavy atom. The third kappa shape index (κ3) is 2.91. The maximum Gasteiger partial charge on any atom is 0.213 e. The number of benzene rings is 1. The van der Waals surface area contributed by atoms with Crippen LogP contribution in [-0.2, 0) is 0 Å². The van der Waals surface area contributed by atoms with Crippen LogP contribution >= 0.6 is 12.2 Å². The molecule has 0 saturated heterocycles. The first kappa shape index (κ1) is 13.5. The van der Waals surface area contributed by atoms with E-state index in [2.05, 4.69) is 4.98 Å². The summed E-state index contributed by atoms with van der Waals surface area (Å²) in [5.41, 5.74) is 13.1. The Hall–Kier alpha value is -1.92. The lowest BCUT2D eigenvalue weighted by atomic mass is 10.2. The van der Waals surface area contributed by atoms with Gasteiger partial charge < -0.3 is 21.1 Å². The molecule has 1 heterocycles. The lowest BCUT2D eigenvalue weighted by Crippen LogP contribution is -2.39. The normalized spacial score (nSPS) is 10.4. The van der Waals surface area contributed by atoms with Gasteiger partial charge in [0.25, 0.3) is 0 Å². The molecule has 6 heteroatoms. The second kappa shape index (κ2) is 5.81. The van der Waals surface area contributed by atoms with E-state index in [0.29, 0.717) is 24.1 Å². The quantitative estimate of drug-likeness (QED) is 0.818. The maximum absolute atomic E-state index is 5.71. The van der Waals surface area contributed by atoms with E-state index in [-0.39, 0.29) is 0 Å². The molecular formula is C13H16N4OS. The summed E-state index contributed by atoms with van der Waals surface area (Å²) >= 11 is 5.04. The molecule has 2 rings (SSSR count). The van der Waals surface area contributed by atoms with Gasteiger partial charge in [0.2, 0.25) is 5.88 Å². The van der Waals surface area contributed by atoms with E-state index in [9.17, 15) is 0 Å². The molecule has 100 valence electrons. The molecule has 0 spiro atoms. The fourth-order valence-electron chi connectivity index (χ4n) is 1.87. The highest BCUT2D eigenvalue weighted by Crippen LogP contribution is 2.23. The number of rotatable bonds is 4. The van der Waals surface area contributed by atoms with Crippen molar-refractivity contribution in [3.8, 4) is 5.88 Å². The van der Waals surface area contributed by atoms with Crippen molar-refractivity contribution < 1.29 is 4.74 Å². The molecule has 0 fully saturated rings. The van der Waals surface area contributed by atoms with Crippen molar-refractivity contribution in [3.05, 3.63) is 30.3 Å². The monoisotopic (exact) mass is 276 g/mol. The van der Waals surface area contributed by atoms with Crippen LogP contribution in [0.3, 0.4) is 0 Å². The van der Waals surface area contributed by atoms with E-state index in [1.807, 2.05) is 30.3 Å². The molecule has 0 bridgehead atoms. The van der Waals surface area contributed by atoms with Gasteiger partial charge >= 0.3 is 0 Å². The summed E-state index contributed by atoms with van der Waals surface area (Å²) in [6.07, 6.45) is 0. The van der Waals surface area contributed by atoms with E-state index >= 15 is 0 Å². The van der Waals surface area contributed by atoms with Gasteiger partial charge in [0, 0.05) is 30.2 Å². The van der Waals surface area contributed by atoms with E-state index in [4.69, 9.17) is 28.4 Å². The lowest BCUT2D eigenvalue weighted by molar-refractivity contribution is 0.399. The summed E-state index contributed by atoms with van der Waals surface area (Å²) in [5, 5.41) is 1.31. The zero-order valence-electron chi connectivity index (χ0n) is 10.7. The standard InChI is InChI=1S/C13H16N4OS/c1-18-12-5-2-9-8-10(3-4-11(9)16-12)17(7-6-14)13(15)19/h2-5,8H,6-7,14H2,1H3,(H2,15,19). The summed E-state index contributed by atoms with van der Waals surface area (Å²) in [5.74, 6) is 0.591. The van der Waals surface area contributed by atoms with Gasteiger partial charge in [-0.15, -0.1) is 0 Å². The van der Waals surface area contributed by atoms with Crippen molar-refractivity contribution in [2.45, 2.75) is 0 Å². The van der Waals surface area contributed by atoms with E-state index < -0.39 is 0 Å². The Morgan fingerprint density at radius 2 is 2.16 bits per heavy atom. The zero-order valence-corrected chi connectivity index (χ0v) is 11.5. The van der Waals surface area contributed by atoms with Crippen LogP contribution in [0.15, 0.2) is 30.3 Å². The first-order valence-corrected chi connectivity index (χ1v) is 6.28. The first-order chi connectivity index (χ1) is 9.15. The third-order valence-corrected chi connectivity index (χ3v) is 3.01. The van der Waals surface area contributed by atoms with Crippen molar-refractivity contribution in [2.24, 2.45) is 11.5 Å². The van der Waals surface area contributed by atoms with Crippen molar-refractivity contribution in [1.82, 2.24) is 4.98 Å². The summed E-state index contributed by atoms with van der Waals surface area (Å²) in [4.78, 5) is 6.16. The van der Waals surface area contributed by atoms with Crippen LogP contribution in [0.1, 0.15) is 0 Å². The van der Waals surface area contributed by atoms with Crippen LogP contribution in [0.25, 0.3) is 10.9 Å². The first-order valence-electron chi connectivity index (χ1n) is 5.87.